The quantitative estimate of drug-likeness (QED) is 0.809. The first-order valence-corrected chi connectivity index (χ1v) is 8.14. The maximum atomic E-state index is 13.2. The van der Waals surface area contributed by atoms with Gasteiger partial charge in [-0.15, -0.1) is 0 Å². The first kappa shape index (κ1) is 17.1. The van der Waals surface area contributed by atoms with Gasteiger partial charge >= 0.3 is 0 Å². The highest BCUT2D eigenvalue weighted by atomic mass is 19.1. The first-order valence-electron chi connectivity index (χ1n) is 8.14. The van der Waals surface area contributed by atoms with Gasteiger partial charge in [-0.25, -0.2) is 4.39 Å². The molecule has 0 aromatic heterocycles. The molecule has 0 unspecified atom stereocenters. The topological polar surface area (TPSA) is 59.6 Å². The van der Waals surface area contributed by atoms with E-state index in [0.29, 0.717) is 22.7 Å². The number of anilines is 1. The van der Waals surface area contributed by atoms with Gasteiger partial charge in [0.2, 0.25) is 5.91 Å². The number of hydrogen-bond donors (Lipinski definition) is 2. The molecular formula is C19H21FN2O3. The number of methoxy groups -OCH3 is 2. The second-order valence-corrected chi connectivity index (χ2v) is 6.01. The molecule has 5 nitrogen and oxygen atoms in total. The van der Waals surface area contributed by atoms with Gasteiger partial charge in [-0.2, -0.15) is 0 Å². The zero-order valence-corrected chi connectivity index (χ0v) is 14.2. The lowest BCUT2D eigenvalue weighted by Crippen LogP contribution is -2.34. The van der Waals surface area contributed by atoms with Crippen LogP contribution in [0.2, 0.25) is 0 Å². The van der Waals surface area contributed by atoms with Gasteiger partial charge < -0.3 is 20.1 Å². The van der Waals surface area contributed by atoms with Crippen molar-refractivity contribution >= 4 is 11.6 Å². The molecule has 1 amide bonds. The predicted molar refractivity (Wildman–Crippen MR) is 93.5 cm³/mol. The number of carbonyl (C=O) groups excluding carboxylic acids is 1. The molecule has 0 aliphatic heterocycles. The van der Waals surface area contributed by atoms with E-state index >= 15 is 0 Å². The van der Waals surface area contributed by atoms with Crippen molar-refractivity contribution in [3.63, 3.8) is 0 Å². The summed E-state index contributed by atoms with van der Waals surface area (Å²) in [6.07, 6.45) is 1.99. The average Bonchev–Trinajstić information content (AvgIpc) is 3.44. The molecule has 0 radical (unpaired) electrons. The van der Waals surface area contributed by atoms with Crippen molar-refractivity contribution in [2.75, 3.05) is 19.5 Å². The van der Waals surface area contributed by atoms with Gasteiger partial charge in [0, 0.05) is 29.9 Å². The number of benzene rings is 2. The van der Waals surface area contributed by atoms with Crippen LogP contribution in [0, 0.1) is 5.82 Å². The van der Waals surface area contributed by atoms with Crippen molar-refractivity contribution in [1.82, 2.24) is 5.32 Å². The molecule has 1 atom stereocenters. The van der Waals surface area contributed by atoms with E-state index in [4.69, 9.17) is 9.47 Å². The molecule has 2 aromatic carbocycles. The van der Waals surface area contributed by atoms with Crippen LogP contribution < -0.4 is 20.1 Å². The van der Waals surface area contributed by atoms with Crippen molar-refractivity contribution in [2.45, 2.75) is 24.9 Å². The minimum atomic E-state index is -0.641. The van der Waals surface area contributed by atoms with Crippen LogP contribution in [-0.4, -0.2) is 26.2 Å². The first-order chi connectivity index (χ1) is 12.1. The molecule has 0 heterocycles. The van der Waals surface area contributed by atoms with Crippen molar-refractivity contribution in [3.05, 3.63) is 53.8 Å². The summed E-state index contributed by atoms with van der Waals surface area (Å²) in [5.74, 6) is 0.744. The fraction of sp³-hybridized carbons (Fsp3) is 0.316. The molecule has 2 aromatic rings. The van der Waals surface area contributed by atoms with Crippen molar-refractivity contribution in [1.29, 1.82) is 0 Å². The molecule has 0 spiro atoms. The largest absolute Gasteiger partial charge is 0.497 e. The minimum absolute atomic E-state index is 0.143. The monoisotopic (exact) mass is 344 g/mol. The Morgan fingerprint density at radius 3 is 2.20 bits per heavy atom. The Morgan fingerprint density at radius 1 is 1.08 bits per heavy atom. The maximum absolute atomic E-state index is 13.2. The van der Waals surface area contributed by atoms with Gasteiger partial charge in [0.1, 0.15) is 23.4 Å². The van der Waals surface area contributed by atoms with E-state index in [2.05, 4.69) is 10.6 Å². The number of ether oxygens (including phenoxy) is 2. The zero-order chi connectivity index (χ0) is 17.8. The Bertz CT molecular complexity index is 723. The van der Waals surface area contributed by atoms with Crippen LogP contribution in [0.25, 0.3) is 0 Å². The molecular weight excluding hydrogens is 323 g/mol. The number of rotatable bonds is 7. The average molecular weight is 344 g/mol. The molecule has 6 heteroatoms. The lowest BCUT2D eigenvalue weighted by molar-refractivity contribution is -0.122. The van der Waals surface area contributed by atoms with Crippen LogP contribution in [0.15, 0.2) is 42.5 Å². The van der Waals surface area contributed by atoms with E-state index < -0.39 is 6.04 Å². The van der Waals surface area contributed by atoms with Crippen LogP contribution in [-0.2, 0) is 4.79 Å². The Labute approximate surface area is 146 Å². The summed E-state index contributed by atoms with van der Waals surface area (Å²) in [5.41, 5.74) is 1.36. The van der Waals surface area contributed by atoms with Crippen LogP contribution in [0.5, 0.6) is 11.5 Å². The molecule has 3 rings (SSSR count). The molecule has 1 aliphatic carbocycles. The van der Waals surface area contributed by atoms with Crippen molar-refractivity contribution in [3.8, 4) is 11.5 Å². The number of nitrogens with one attached hydrogen (secondary N) is 2. The summed E-state index contributed by atoms with van der Waals surface area (Å²) < 4.78 is 23.8. The van der Waals surface area contributed by atoms with Gasteiger partial charge in [0.15, 0.2) is 0 Å². The Balaban J connectivity index is 1.88. The summed E-state index contributed by atoms with van der Waals surface area (Å²) >= 11 is 0. The Kier molecular flexibility index (Phi) is 5.07. The third-order valence-electron chi connectivity index (χ3n) is 4.05. The molecule has 2 N–H and O–H groups in total. The number of halogens is 1. The van der Waals surface area contributed by atoms with Gasteiger partial charge in [-0.05, 0) is 30.5 Å². The van der Waals surface area contributed by atoms with E-state index in [-0.39, 0.29) is 17.8 Å². The third kappa shape index (κ3) is 4.41. The molecule has 1 fully saturated rings. The summed E-state index contributed by atoms with van der Waals surface area (Å²) in [4.78, 5) is 12.7. The standard InChI is InChI=1S/C19H21FN2O3/c1-24-16-9-15(10-17(11-16)25-2)21-18(19(23)22-14-7-8-14)12-3-5-13(20)6-4-12/h3-6,9-11,14,18,21H,7-8H2,1-2H3,(H,22,23)/t18-/m0/s1. The summed E-state index contributed by atoms with van der Waals surface area (Å²) in [6, 6.07) is 10.8. The Morgan fingerprint density at radius 2 is 1.68 bits per heavy atom. The Hall–Kier alpha value is -2.76. The summed E-state index contributed by atoms with van der Waals surface area (Å²) in [7, 11) is 3.13. The third-order valence-corrected chi connectivity index (χ3v) is 4.05. The van der Waals surface area contributed by atoms with E-state index in [0.717, 1.165) is 12.8 Å². The van der Waals surface area contributed by atoms with Crippen LogP contribution in [0.3, 0.4) is 0 Å². The normalized spacial score (nSPS) is 14.5. The molecule has 0 bridgehead atoms. The highest BCUT2D eigenvalue weighted by Gasteiger charge is 2.28. The highest BCUT2D eigenvalue weighted by molar-refractivity contribution is 5.86. The summed E-state index contributed by atoms with van der Waals surface area (Å²) in [5, 5.41) is 6.19. The lowest BCUT2D eigenvalue weighted by Gasteiger charge is -2.21. The molecule has 1 saturated carbocycles. The van der Waals surface area contributed by atoms with E-state index in [1.165, 1.54) is 12.1 Å². The van der Waals surface area contributed by atoms with E-state index in [1.54, 1.807) is 44.6 Å². The van der Waals surface area contributed by atoms with Crippen molar-refractivity contribution in [2.24, 2.45) is 0 Å². The second-order valence-electron chi connectivity index (χ2n) is 6.01. The second kappa shape index (κ2) is 7.42. The predicted octanol–water partition coefficient (Wildman–Crippen LogP) is 3.27. The molecule has 0 saturated heterocycles. The van der Waals surface area contributed by atoms with Crippen LogP contribution in [0.4, 0.5) is 10.1 Å². The van der Waals surface area contributed by atoms with Gasteiger partial charge in [-0.1, -0.05) is 12.1 Å². The number of carbonyl (C=O) groups is 1. The fourth-order valence-corrected chi connectivity index (χ4v) is 2.53. The smallest absolute Gasteiger partial charge is 0.247 e. The maximum Gasteiger partial charge on any atom is 0.247 e. The molecule has 1 aliphatic rings. The fourth-order valence-electron chi connectivity index (χ4n) is 2.53. The van der Waals surface area contributed by atoms with Gasteiger partial charge in [0.25, 0.3) is 0 Å². The minimum Gasteiger partial charge on any atom is -0.497 e. The van der Waals surface area contributed by atoms with Crippen molar-refractivity contribution < 1.29 is 18.7 Å². The molecule has 132 valence electrons. The zero-order valence-electron chi connectivity index (χ0n) is 14.2. The lowest BCUT2D eigenvalue weighted by atomic mass is 10.1. The highest BCUT2D eigenvalue weighted by Crippen LogP contribution is 2.29. The van der Waals surface area contributed by atoms with Gasteiger partial charge in [0.05, 0.1) is 14.2 Å². The molecule has 25 heavy (non-hydrogen) atoms. The summed E-state index contributed by atoms with van der Waals surface area (Å²) in [6.45, 7) is 0. The van der Waals surface area contributed by atoms with Crippen LogP contribution >= 0.6 is 0 Å². The van der Waals surface area contributed by atoms with E-state index in [9.17, 15) is 9.18 Å². The number of amides is 1. The van der Waals surface area contributed by atoms with E-state index in [1.807, 2.05) is 0 Å². The SMILES string of the molecule is COc1cc(N[C@H](C(=O)NC2CC2)c2ccc(F)cc2)cc(OC)c1. The van der Waals surface area contributed by atoms with Crippen LogP contribution in [0.1, 0.15) is 24.4 Å². The van der Waals surface area contributed by atoms with Gasteiger partial charge in [-0.3, -0.25) is 4.79 Å². The number of hydrogen-bond acceptors (Lipinski definition) is 4.